The summed E-state index contributed by atoms with van der Waals surface area (Å²) in [5.41, 5.74) is 0. The van der Waals surface area contributed by atoms with E-state index in [9.17, 15) is 20.1 Å². The number of aliphatic hydroxyl groups is 3. The van der Waals surface area contributed by atoms with E-state index < -0.39 is 36.5 Å². The lowest BCUT2D eigenvalue weighted by Gasteiger charge is -2.17. The second kappa shape index (κ2) is 13.0. The Morgan fingerprint density at radius 1 is 1.19 bits per heavy atom. The van der Waals surface area contributed by atoms with Gasteiger partial charge in [0.05, 0.1) is 30.5 Å². The lowest BCUT2D eigenvalue weighted by molar-refractivity contribution is -0.137. The van der Waals surface area contributed by atoms with Crippen molar-refractivity contribution in [2.24, 2.45) is 0 Å². The highest BCUT2D eigenvalue weighted by molar-refractivity contribution is 5.66. The number of carboxylic acid groups (broad SMARTS) is 1. The fourth-order valence-electron chi connectivity index (χ4n) is 3.01. The first-order valence-electron chi connectivity index (χ1n) is 9.68. The fourth-order valence-corrected chi connectivity index (χ4v) is 3.01. The van der Waals surface area contributed by atoms with Gasteiger partial charge in [-0.15, -0.1) is 0 Å². The van der Waals surface area contributed by atoms with E-state index in [1.807, 2.05) is 6.08 Å². The molecule has 1 heterocycles. The molecule has 0 spiro atoms. The number of ether oxygens (including phenoxy) is 1. The summed E-state index contributed by atoms with van der Waals surface area (Å²) < 4.78 is 5.65. The molecule has 1 aliphatic heterocycles. The number of aliphatic hydroxyl groups excluding tert-OH is 3. The number of allylic oxidation sites excluding steroid dienone is 1. The van der Waals surface area contributed by atoms with Gasteiger partial charge in [0.2, 0.25) is 0 Å². The van der Waals surface area contributed by atoms with Crippen molar-refractivity contribution in [1.82, 2.24) is 0 Å². The monoisotopic (exact) mass is 370 g/mol. The van der Waals surface area contributed by atoms with E-state index in [-0.39, 0.29) is 6.42 Å². The number of carboxylic acids is 1. The average molecular weight is 370 g/mol. The minimum absolute atomic E-state index is 0.0395. The van der Waals surface area contributed by atoms with Crippen LogP contribution in [0.25, 0.3) is 0 Å². The summed E-state index contributed by atoms with van der Waals surface area (Å²) in [6.45, 7) is 2.16. The molecule has 0 aromatic rings. The van der Waals surface area contributed by atoms with Crippen LogP contribution in [0.2, 0.25) is 0 Å². The van der Waals surface area contributed by atoms with Gasteiger partial charge in [-0.05, 0) is 32.1 Å². The molecule has 1 fully saturated rings. The molecule has 0 radical (unpaired) electrons. The number of rotatable bonds is 13. The molecule has 0 saturated carbocycles. The zero-order chi connectivity index (χ0) is 19.4. The Labute approximate surface area is 156 Å². The average Bonchev–Trinajstić information content (AvgIpc) is 2.96. The van der Waals surface area contributed by atoms with E-state index in [0.29, 0.717) is 25.7 Å². The number of aliphatic carboxylic acids is 1. The second-order valence-electron chi connectivity index (χ2n) is 6.95. The maximum atomic E-state index is 10.5. The number of hydrogen-bond acceptors (Lipinski definition) is 5. The molecule has 1 saturated heterocycles. The topological polar surface area (TPSA) is 107 Å². The van der Waals surface area contributed by atoms with Crippen molar-refractivity contribution in [2.45, 2.75) is 95.2 Å². The zero-order valence-corrected chi connectivity index (χ0v) is 15.7. The first-order valence-corrected chi connectivity index (χ1v) is 9.68. The fraction of sp³-hybridized carbons (Fsp3) is 0.750. The molecule has 6 heteroatoms. The van der Waals surface area contributed by atoms with Crippen molar-refractivity contribution < 1.29 is 30.0 Å². The van der Waals surface area contributed by atoms with E-state index >= 15 is 0 Å². The molecule has 6 nitrogen and oxygen atoms in total. The highest BCUT2D eigenvalue weighted by Gasteiger charge is 2.36. The molecule has 0 aromatic carbocycles. The number of carbonyl (C=O) groups is 1. The molecular formula is C20H34O6. The van der Waals surface area contributed by atoms with Crippen LogP contribution in [0.5, 0.6) is 0 Å². The summed E-state index contributed by atoms with van der Waals surface area (Å²) in [4.78, 5) is 10.5. The molecule has 150 valence electrons. The van der Waals surface area contributed by atoms with Crippen LogP contribution in [0, 0.1) is 0 Å². The summed E-state index contributed by atoms with van der Waals surface area (Å²) in [5.74, 6) is -0.870. The lowest BCUT2D eigenvalue weighted by Crippen LogP contribution is -2.25. The van der Waals surface area contributed by atoms with Crippen molar-refractivity contribution in [2.75, 3.05) is 0 Å². The van der Waals surface area contributed by atoms with E-state index in [1.165, 1.54) is 18.9 Å². The molecule has 4 N–H and O–H groups in total. The summed E-state index contributed by atoms with van der Waals surface area (Å²) >= 11 is 0. The molecule has 0 bridgehead atoms. The van der Waals surface area contributed by atoms with Gasteiger partial charge in [0.25, 0.3) is 0 Å². The molecule has 1 rings (SSSR count). The molecule has 1 aliphatic rings. The molecule has 0 unspecified atom stereocenters. The first-order chi connectivity index (χ1) is 12.4. The quantitative estimate of drug-likeness (QED) is 0.293. The maximum Gasteiger partial charge on any atom is 0.303 e. The third kappa shape index (κ3) is 9.48. The first kappa shape index (κ1) is 22.8. The largest absolute Gasteiger partial charge is 0.481 e. The zero-order valence-electron chi connectivity index (χ0n) is 15.7. The molecular weight excluding hydrogens is 336 g/mol. The normalized spacial score (nSPS) is 25.9. The number of unbranched alkanes of at least 4 members (excludes halogenated alkanes) is 3. The van der Waals surface area contributed by atoms with Crippen LogP contribution in [-0.4, -0.2) is 56.9 Å². The van der Waals surface area contributed by atoms with Gasteiger partial charge >= 0.3 is 5.97 Å². The lowest BCUT2D eigenvalue weighted by atomic mass is 10.0. The smallest absolute Gasteiger partial charge is 0.303 e. The van der Waals surface area contributed by atoms with Crippen LogP contribution >= 0.6 is 0 Å². The highest BCUT2D eigenvalue weighted by atomic mass is 16.5. The van der Waals surface area contributed by atoms with Gasteiger partial charge in [-0.2, -0.15) is 0 Å². The summed E-state index contributed by atoms with van der Waals surface area (Å²) in [6.07, 6.45) is 10.1. The third-order valence-electron chi connectivity index (χ3n) is 4.56. The van der Waals surface area contributed by atoms with Gasteiger partial charge in [-0.1, -0.05) is 44.1 Å². The van der Waals surface area contributed by atoms with E-state index in [0.717, 1.165) is 12.8 Å². The van der Waals surface area contributed by atoms with Gasteiger partial charge in [0.15, 0.2) is 0 Å². The van der Waals surface area contributed by atoms with Crippen molar-refractivity contribution >= 4 is 5.97 Å². The molecule has 0 aromatic heterocycles. The van der Waals surface area contributed by atoms with Crippen LogP contribution in [-0.2, 0) is 9.53 Å². The van der Waals surface area contributed by atoms with Crippen LogP contribution in [0.1, 0.15) is 64.7 Å². The minimum Gasteiger partial charge on any atom is -0.481 e. The van der Waals surface area contributed by atoms with Gasteiger partial charge < -0.3 is 25.2 Å². The van der Waals surface area contributed by atoms with Gasteiger partial charge in [0, 0.05) is 12.8 Å². The molecule has 0 amide bonds. The summed E-state index contributed by atoms with van der Waals surface area (Å²) in [5, 5.41) is 38.7. The van der Waals surface area contributed by atoms with Gasteiger partial charge in [-0.3, -0.25) is 4.79 Å². The van der Waals surface area contributed by atoms with Gasteiger partial charge in [0.1, 0.15) is 0 Å². The Morgan fingerprint density at radius 2 is 1.96 bits per heavy atom. The summed E-state index contributed by atoms with van der Waals surface area (Å²) in [7, 11) is 0. The standard InChI is InChI=1S/C20H34O6/c1-2-3-4-5-6-7-9-15(21)12-13-16(22)19-14-17(23)18(26-19)10-8-11-20(24)25/h6-7,12-13,15-19,21-23H,2-5,8-11,14H2,1H3,(H,24,25)/b7-6-,13-12-/t15-,16+,17-,18-,19+/m0/s1. The molecule has 5 atom stereocenters. The molecule has 0 aliphatic carbocycles. The Bertz CT molecular complexity index is 448. The van der Waals surface area contributed by atoms with Crippen LogP contribution in [0.15, 0.2) is 24.3 Å². The van der Waals surface area contributed by atoms with Crippen LogP contribution in [0.3, 0.4) is 0 Å². The SMILES string of the molecule is CCCCC/C=C\C[C@H](O)/C=C\[C@@H](O)[C@H]1C[C@H](O)[C@H](CCCC(=O)O)O1. The van der Waals surface area contributed by atoms with E-state index in [4.69, 9.17) is 9.84 Å². The Balaban J connectivity index is 2.29. The Hall–Kier alpha value is -1.21. The minimum atomic E-state index is -0.905. The second-order valence-corrected chi connectivity index (χ2v) is 6.95. The van der Waals surface area contributed by atoms with Crippen molar-refractivity contribution in [1.29, 1.82) is 0 Å². The van der Waals surface area contributed by atoms with Crippen molar-refractivity contribution in [3.63, 3.8) is 0 Å². The third-order valence-corrected chi connectivity index (χ3v) is 4.56. The van der Waals surface area contributed by atoms with E-state index in [1.54, 1.807) is 6.08 Å². The predicted molar refractivity (Wildman–Crippen MR) is 99.8 cm³/mol. The van der Waals surface area contributed by atoms with E-state index in [2.05, 4.69) is 13.0 Å². The maximum absolute atomic E-state index is 10.5. The van der Waals surface area contributed by atoms with Crippen LogP contribution in [0.4, 0.5) is 0 Å². The van der Waals surface area contributed by atoms with Gasteiger partial charge in [-0.25, -0.2) is 0 Å². The Morgan fingerprint density at radius 3 is 2.65 bits per heavy atom. The number of hydrogen-bond donors (Lipinski definition) is 4. The summed E-state index contributed by atoms with van der Waals surface area (Å²) in [6, 6.07) is 0. The van der Waals surface area contributed by atoms with Crippen molar-refractivity contribution in [3.8, 4) is 0 Å². The van der Waals surface area contributed by atoms with Crippen molar-refractivity contribution in [3.05, 3.63) is 24.3 Å². The highest BCUT2D eigenvalue weighted by Crippen LogP contribution is 2.27. The van der Waals surface area contributed by atoms with Crippen LogP contribution < -0.4 is 0 Å². The Kier molecular flexibility index (Phi) is 11.4. The molecule has 26 heavy (non-hydrogen) atoms. The predicted octanol–water partition coefficient (Wildman–Crippen LogP) is 2.56.